The van der Waals surface area contributed by atoms with Crippen molar-refractivity contribution in [3.05, 3.63) is 118 Å². The van der Waals surface area contributed by atoms with E-state index in [4.69, 9.17) is 14.2 Å². The van der Waals surface area contributed by atoms with Crippen LogP contribution >= 0.6 is 0 Å². The monoisotopic (exact) mass is 495 g/mol. The maximum Gasteiger partial charge on any atom is 0.255 e. The number of benzene rings is 4. The van der Waals surface area contributed by atoms with E-state index in [2.05, 4.69) is 32.2 Å². The Bertz CT molecular complexity index is 1350. The molecule has 0 spiro atoms. The van der Waals surface area contributed by atoms with Gasteiger partial charge in [-0.15, -0.1) is 0 Å². The smallest absolute Gasteiger partial charge is 0.255 e. The molecule has 0 radical (unpaired) electrons. The molecule has 0 atom stereocenters. The van der Waals surface area contributed by atoms with Crippen molar-refractivity contribution in [1.29, 1.82) is 0 Å². The van der Waals surface area contributed by atoms with Crippen LogP contribution in [0.15, 0.2) is 84.9 Å². The molecule has 1 N–H and O–H groups in total. The molecule has 0 fully saturated rings. The topological polar surface area (TPSA) is 56.8 Å². The van der Waals surface area contributed by atoms with Crippen molar-refractivity contribution in [2.45, 2.75) is 40.9 Å². The number of hydrogen-bond acceptors (Lipinski definition) is 4. The van der Waals surface area contributed by atoms with E-state index >= 15 is 0 Å². The summed E-state index contributed by atoms with van der Waals surface area (Å²) in [6, 6.07) is 27.0. The number of aryl methyl sites for hydroxylation is 2. The van der Waals surface area contributed by atoms with Crippen LogP contribution in [0.3, 0.4) is 0 Å². The fraction of sp³-hybridized carbons (Fsp3) is 0.219. The molecule has 0 heterocycles. The SMILES string of the molecule is CCOc1ccc(C(=O)Nc2ccc(OCc3ccccc3)cc2)cc1COc1cc(C)cc(C)c1C. The fourth-order valence-electron chi connectivity index (χ4n) is 4.01. The molecule has 37 heavy (non-hydrogen) atoms. The van der Waals surface area contributed by atoms with Crippen molar-refractivity contribution < 1.29 is 19.0 Å². The maximum absolute atomic E-state index is 13.0. The number of hydrogen-bond donors (Lipinski definition) is 1. The molecule has 0 aliphatic heterocycles. The molecule has 0 unspecified atom stereocenters. The lowest BCUT2D eigenvalue weighted by molar-refractivity contribution is 0.102. The molecule has 5 nitrogen and oxygen atoms in total. The molecule has 1 amide bonds. The molecule has 4 aromatic rings. The summed E-state index contributed by atoms with van der Waals surface area (Å²) in [7, 11) is 0. The van der Waals surface area contributed by atoms with Crippen LogP contribution in [0.2, 0.25) is 0 Å². The fourth-order valence-corrected chi connectivity index (χ4v) is 4.01. The van der Waals surface area contributed by atoms with E-state index in [0.717, 1.165) is 33.8 Å². The van der Waals surface area contributed by atoms with Gasteiger partial charge in [-0.3, -0.25) is 4.79 Å². The number of ether oxygens (including phenoxy) is 3. The summed E-state index contributed by atoms with van der Waals surface area (Å²) in [5.74, 6) is 2.08. The van der Waals surface area contributed by atoms with E-state index in [1.807, 2.05) is 79.7 Å². The third-order valence-corrected chi connectivity index (χ3v) is 6.13. The second-order valence-electron chi connectivity index (χ2n) is 9.00. The minimum atomic E-state index is -0.204. The minimum absolute atomic E-state index is 0.204. The van der Waals surface area contributed by atoms with Crippen molar-refractivity contribution >= 4 is 11.6 Å². The Balaban J connectivity index is 1.43. The van der Waals surface area contributed by atoms with Crippen molar-refractivity contribution in [3.63, 3.8) is 0 Å². The van der Waals surface area contributed by atoms with E-state index < -0.39 is 0 Å². The van der Waals surface area contributed by atoms with Gasteiger partial charge in [-0.25, -0.2) is 0 Å². The van der Waals surface area contributed by atoms with Crippen molar-refractivity contribution in [2.75, 3.05) is 11.9 Å². The van der Waals surface area contributed by atoms with E-state index in [-0.39, 0.29) is 5.91 Å². The molecule has 0 aromatic heterocycles. The zero-order valence-electron chi connectivity index (χ0n) is 21.8. The van der Waals surface area contributed by atoms with Gasteiger partial charge in [0.25, 0.3) is 5.91 Å². The van der Waals surface area contributed by atoms with Crippen molar-refractivity contribution in [1.82, 2.24) is 0 Å². The second-order valence-corrected chi connectivity index (χ2v) is 9.00. The quantitative estimate of drug-likeness (QED) is 0.249. The maximum atomic E-state index is 13.0. The summed E-state index contributed by atoms with van der Waals surface area (Å²) in [6.07, 6.45) is 0. The highest BCUT2D eigenvalue weighted by molar-refractivity contribution is 6.04. The predicted molar refractivity (Wildman–Crippen MR) is 148 cm³/mol. The van der Waals surface area contributed by atoms with Gasteiger partial charge in [0, 0.05) is 16.8 Å². The summed E-state index contributed by atoms with van der Waals surface area (Å²) < 4.78 is 17.8. The number of anilines is 1. The van der Waals surface area contributed by atoms with Gasteiger partial charge < -0.3 is 19.5 Å². The molecule has 0 saturated carbocycles. The van der Waals surface area contributed by atoms with Gasteiger partial charge in [0.2, 0.25) is 0 Å². The first-order valence-electron chi connectivity index (χ1n) is 12.5. The van der Waals surface area contributed by atoms with Gasteiger partial charge in [0.1, 0.15) is 30.5 Å². The molecule has 4 rings (SSSR count). The molecule has 0 bridgehead atoms. The van der Waals surface area contributed by atoms with Crippen molar-refractivity contribution in [2.24, 2.45) is 0 Å². The van der Waals surface area contributed by atoms with E-state index in [1.165, 1.54) is 5.56 Å². The van der Waals surface area contributed by atoms with Crippen molar-refractivity contribution in [3.8, 4) is 17.2 Å². The van der Waals surface area contributed by atoms with E-state index in [1.54, 1.807) is 6.07 Å². The number of amides is 1. The molecule has 0 aliphatic rings. The molecule has 0 aliphatic carbocycles. The Hall–Kier alpha value is -4.25. The zero-order valence-corrected chi connectivity index (χ0v) is 21.8. The molecule has 0 saturated heterocycles. The minimum Gasteiger partial charge on any atom is -0.493 e. The summed E-state index contributed by atoms with van der Waals surface area (Å²) >= 11 is 0. The summed E-state index contributed by atoms with van der Waals surface area (Å²) in [5, 5.41) is 2.96. The largest absolute Gasteiger partial charge is 0.493 e. The molecule has 4 aromatic carbocycles. The highest BCUT2D eigenvalue weighted by Gasteiger charge is 2.13. The Morgan fingerprint density at radius 3 is 2.24 bits per heavy atom. The lowest BCUT2D eigenvalue weighted by Gasteiger charge is -2.16. The Labute approximate surface area is 219 Å². The van der Waals surface area contributed by atoms with Crippen LogP contribution in [0.25, 0.3) is 0 Å². The Kier molecular flexibility index (Phi) is 8.47. The van der Waals surface area contributed by atoms with Crippen LogP contribution in [0.5, 0.6) is 17.2 Å². The average Bonchev–Trinajstić information content (AvgIpc) is 2.91. The van der Waals surface area contributed by atoms with Crippen LogP contribution in [-0.4, -0.2) is 12.5 Å². The normalized spacial score (nSPS) is 10.6. The van der Waals surface area contributed by atoms with Gasteiger partial charge in [-0.2, -0.15) is 0 Å². The summed E-state index contributed by atoms with van der Waals surface area (Å²) in [5.41, 5.74) is 6.57. The third-order valence-electron chi connectivity index (χ3n) is 6.13. The lowest BCUT2D eigenvalue weighted by Crippen LogP contribution is -2.13. The van der Waals surface area contributed by atoms with Gasteiger partial charge in [-0.05, 0) is 98.5 Å². The summed E-state index contributed by atoms with van der Waals surface area (Å²) in [6.45, 7) is 9.44. The molecule has 5 heteroatoms. The standard InChI is InChI=1S/C32H33NO4/c1-5-35-30-16-11-26(19-27(30)21-37-31-18-22(2)17-23(3)24(31)4)32(34)33-28-12-14-29(15-13-28)36-20-25-9-7-6-8-10-25/h6-19H,5,20-21H2,1-4H3,(H,33,34). The first-order valence-corrected chi connectivity index (χ1v) is 12.5. The van der Waals surface area contributed by atoms with E-state index in [0.29, 0.717) is 36.8 Å². The Morgan fingerprint density at radius 1 is 0.757 bits per heavy atom. The van der Waals surface area contributed by atoms with Crippen LogP contribution in [0.4, 0.5) is 5.69 Å². The van der Waals surface area contributed by atoms with Gasteiger partial charge in [0.15, 0.2) is 0 Å². The number of carbonyl (C=O) groups excluding carboxylic acids is 1. The second kappa shape index (κ2) is 12.1. The predicted octanol–water partition coefficient (Wildman–Crippen LogP) is 7.42. The number of nitrogens with one attached hydrogen (secondary N) is 1. The highest BCUT2D eigenvalue weighted by Crippen LogP contribution is 2.27. The highest BCUT2D eigenvalue weighted by atomic mass is 16.5. The van der Waals surface area contributed by atoms with Gasteiger partial charge >= 0.3 is 0 Å². The number of carbonyl (C=O) groups is 1. The van der Waals surface area contributed by atoms with Crippen LogP contribution < -0.4 is 19.5 Å². The Morgan fingerprint density at radius 2 is 1.51 bits per heavy atom. The van der Waals surface area contributed by atoms with E-state index in [9.17, 15) is 4.79 Å². The first-order chi connectivity index (χ1) is 17.9. The van der Waals surface area contributed by atoms with Crippen LogP contribution in [0.1, 0.15) is 45.1 Å². The average molecular weight is 496 g/mol. The van der Waals surface area contributed by atoms with Gasteiger partial charge in [-0.1, -0.05) is 36.4 Å². The van der Waals surface area contributed by atoms with Gasteiger partial charge in [0.05, 0.1) is 6.61 Å². The molecule has 190 valence electrons. The molecular formula is C32H33NO4. The third kappa shape index (κ3) is 6.91. The summed E-state index contributed by atoms with van der Waals surface area (Å²) in [4.78, 5) is 13.0. The zero-order chi connectivity index (χ0) is 26.2. The first kappa shape index (κ1) is 25.8. The lowest BCUT2D eigenvalue weighted by atomic mass is 10.1. The number of rotatable bonds is 10. The van der Waals surface area contributed by atoms with Crippen LogP contribution in [-0.2, 0) is 13.2 Å². The molecular weight excluding hydrogens is 462 g/mol. The van der Waals surface area contributed by atoms with Crippen LogP contribution in [0, 0.1) is 20.8 Å².